The molecule has 1 aromatic rings. The van der Waals surface area contributed by atoms with Gasteiger partial charge in [0.2, 0.25) is 22.8 Å². The van der Waals surface area contributed by atoms with Crippen molar-refractivity contribution in [2.75, 3.05) is 21.3 Å². The average Bonchev–Trinajstić information content (AvgIpc) is 3.00. The fraction of sp³-hybridized carbons (Fsp3) is 0.583. The molecule has 1 saturated carbocycles. The maximum absolute atomic E-state index is 10.5. The van der Waals surface area contributed by atoms with E-state index in [1.165, 1.54) is 21.3 Å². The summed E-state index contributed by atoms with van der Waals surface area (Å²) in [6, 6.07) is 9.63. The van der Waals surface area contributed by atoms with E-state index in [0.717, 1.165) is 25.7 Å². The number of nitriles is 3. The van der Waals surface area contributed by atoms with E-state index in [0.29, 0.717) is 35.7 Å². The quantitative estimate of drug-likeness (QED) is 0.725. The van der Waals surface area contributed by atoms with Gasteiger partial charge in [-0.15, -0.1) is 0 Å². The van der Waals surface area contributed by atoms with Gasteiger partial charge in [-0.25, -0.2) is 0 Å². The van der Waals surface area contributed by atoms with E-state index < -0.39 is 28.6 Å². The summed E-state index contributed by atoms with van der Waals surface area (Å²) in [6.07, 6.45) is 3.37. The summed E-state index contributed by atoms with van der Waals surface area (Å²) in [7, 11) is 4.41. The van der Waals surface area contributed by atoms with Crippen LogP contribution in [0.1, 0.15) is 50.2 Å². The molecule has 2 heterocycles. The third kappa shape index (κ3) is 2.81. The number of hydrogen-bond donors (Lipinski definition) is 1. The van der Waals surface area contributed by atoms with Crippen molar-refractivity contribution in [2.45, 2.75) is 50.4 Å². The van der Waals surface area contributed by atoms with Gasteiger partial charge >= 0.3 is 0 Å². The number of hydrogen-bond acceptors (Lipinski definition) is 9. The molecule has 1 aromatic carbocycles. The fourth-order valence-electron chi connectivity index (χ4n) is 5.77. The topological polar surface area (TPSA) is 141 Å². The Bertz CT molecular complexity index is 1060. The molecule has 2 saturated heterocycles. The lowest BCUT2D eigenvalue weighted by molar-refractivity contribution is -0.289. The number of methoxy groups -OCH3 is 3. The predicted molar refractivity (Wildman–Crippen MR) is 114 cm³/mol. The van der Waals surface area contributed by atoms with Crippen molar-refractivity contribution in [2.24, 2.45) is 16.7 Å². The van der Waals surface area contributed by atoms with E-state index in [4.69, 9.17) is 29.1 Å². The van der Waals surface area contributed by atoms with Gasteiger partial charge in [0.1, 0.15) is 6.10 Å². The van der Waals surface area contributed by atoms with E-state index in [9.17, 15) is 15.8 Å². The van der Waals surface area contributed by atoms with Crippen LogP contribution in [0.4, 0.5) is 0 Å². The molecule has 1 aliphatic carbocycles. The maximum Gasteiger partial charge on any atom is 0.217 e. The van der Waals surface area contributed by atoms with Crippen molar-refractivity contribution in [1.82, 2.24) is 0 Å². The van der Waals surface area contributed by atoms with Gasteiger partial charge in [-0.1, -0.05) is 19.3 Å². The highest BCUT2D eigenvalue weighted by Crippen LogP contribution is 2.69. The lowest BCUT2D eigenvalue weighted by Crippen LogP contribution is -2.59. The molecule has 0 amide bonds. The maximum atomic E-state index is 10.5. The van der Waals surface area contributed by atoms with Gasteiger partial charge in [0, 0.05) is 6.42 Å². The normalized spacial score (nSPS) is 31.9. The Morgan fingerprint density at radius 2 is 1.58 bits per heavy atom. The number of nitrogens with zero attached hydrogens (tertiary/aromatic N) is 3. The molecule has 2 bridgehead atoms. The zero-order valence-corrected chi connectivity index (χ0v) is 18.9. The summed E-state index contributed by atoms with van der Waals surface area (Å²) >= 11 is 0. The van der Waals surface area contributed by atoms with E-state index in [-0.39, 0.29) is 5.90 Å². The van der Waals surface area contributed by atoms with Gasteiger partial charge in [0.05, 0.1) is 45.5 Å². The van der Waals surface area contributed by atoms with Crippen LogP contribution in [0.15, 0.2) is 12.1 Å². The minimum absolute atomic E-state index is 0.326. The van der Waals surface area contributed by atoms with Gasteiger partial charge in [0.25, 0.3) is 0 Å². The van der Waals surface area contributed by atoms with E-state index >= 15 is 0 Å². The van der Waals surface area contributed by atoms with Crippen molar-refractivity contribution < 1.29 is 23.7 Å². The predicted octanol–water partition coefficient (Wildman–Crippen LogP) is 4.00. The van der Waals surface area contributed by atoms with Crippen LogP contribution in [0.25, 0.3) is 0 Å². The summed E-state index contributed by atoms with van der Waals surface area (Å²) in [6.45, 7) is 0. The number of rotatable bonds is 4. The monoisotopic (exact) mass is 450 g/mol. The Labute approximate surface area is 192 Å². The molecule has 172 valence electrons. The number of benzene rings is 1. The first-order valence-corrected chi connectivity index (χ1v) is 10.9. The zero-order valence-electron chi connectivity index (χ0n) is 18.9. The van der Waals surface area contributed by atoms with Gasteiger partial charge in [-0.05, 0) is 30.5 Å². The van der Waals surface area contributed by atoms with Crippen LogP contribution in [-0.4, -0.2) is 33.0 Å². The second-order valence-electron chi connectivity index (χ2n) is 8.66. The minimum atomic E-state index is -2.02. The van der Waals surface area contributed by atoms with Crippen LogP contribution in [0.3, 0.4) is 0 Å². The molecule has 4 atom stereocenters. The highest BCUT2D eigenvalue weighted by molar-refractivity contribution is 5.89. The molecule has 3 aliphatic rings. The molecule has 0 radical (unpaired) electrons. The van der Waals surface area contributed by atoms with Crippen LogP contribution >= 0.6 is 0 Å². The second kappa shape index (κ2) is 8.14. The molecule has 4 rings (SSSR count). The van der Waals surface area contributed by atoms with Crippen LogP contribution in [0.5, 0.6) is 17.2 Å². The van der Waals surface area contributed by atoms with Crippen molar-refractivity contribution in [3.63, 3.8) is 0 Å². The SMILES string of the molecule is COc1cc(C2OC34CCCCCCC3C(C#N)(C(=N)O4)C2(C#N)C#N)cc(OC)c1OC. The summed E-state index contributed by atoms with van der Waals surface area (Å²) in [5, 5.41) is 40.0. The fourth-order valence-corrected chi connectivity index (χ4v) is 5.77. The summed E-state index contributed by atoms with van der Waals surface area (Å²) in [4.78, 5) is 0. The first-order chi connectivity index (χ1) is 15.9. The van der Waals surface area contributed by atoms with Crippen LogP contribution in [0.2, 0.25) is 0 Å². The second-order valence-corrected chi connectivity index (χ2v) is 8.66. The summed E-state index contributed by atoms with van der Waals surface area (Å²) < 4.78 is 28.9. The Kier molecular flexibility index (Phi) is 5.60. The third-order valence-corrected chi connectivity index (χ3v) is 7.31. The molecule has 4 unspecified atom stereocenters. The molecule has 0 aromatic heterocycles. The van der Waals surface area contributed by atoms with Gasteiger partial charge in [-0.2, -0.15) is 15.8 Å². The van der Waals surface area contributed by atoms with Crippen molar-refractivity contribution in [1.29, 1.82) is 21.2 Å². The lowest BCUT2D eigenvalue weighted by Gasteiger charge is -2.50. The highest BCUT2D eigenvalue weighted by atomic mass is 16.7. The van der Waals surface area contributed by atoms with Gasteiger partial charge < -0.3 is 23.7 Å². The standard InChI is InChI=1S/C24H26N4O5/c1-29-16-10-15(11-17(30-2)19(16)31-3)20-22(12-25,13-26)23(14-27)18-8-6-4-5-7-9-24(18,32-20)33-21(23)28/h10-11,18,20,28H,4-9H2,1-3H3. The number of nitrogens with one attached hydrogen (secondary N) is 1. The van der Waals surface area contributed by atoms with E-state index in [1.54, 1.807) is 12.1 Å². The van der Waals surface area contributed by atoms with Crippen LogP contribution < -0.4 is 14.2 Å². The molecular formula is C24H26N4O5. The molecule has 9 nitrogen and oxygen atoms in total. The number of ether oxygens (including phenoxy) is 5. The zero-order chi connectivity index (χ0) is 23.9. The van der Waals surface area contributed by atoms with E-state index in [1.807, 2.05) is 0 Å². The smallest absolute Gasteiger partial charge is 0.217 e. The van der Waals surface area contributed by atoms with Crippen LogP contribution in [0, 0.1) is 56.2 Å². The van der Waals surface area contributed by atoms with Gasteiger partial charge in [0.15, 0.2) is 16.9 Å². The summed E-state index contributed by atoms with van der Waals surface area (Å²) in [5.41, 5.74) is -3.38. The third-order valence-electron chi connectivity index (χ3n) is 7.31. The Hall–Kier alpha value is -3.48. The molecule has 1 N–H and O–H groups in total. The largest absolute Gasteiger partial charge is 0.493 e. The van der Waals surface area contributed by atoms with Crippen molar-refractivity contribution in [3.05, 3.63) is 17.7 Å². The van der Waals surface area contributed by atoms with Crippen LogP contribution in [-0.2, 0) is 9.47 Å². The summed E-state index contributed by atoms with van der Waals surface area (Å²) in [5.74, 6) is -1.22. The Morgan fingerprint density at radius 1 is 0.939 bits per heavy atom. The molecule has 33 heavy (non-hydrogen) atoms. The average molecular weight is 450 g/mol. The molecule has 9 heteroatoms. The molecule has 3 fully saturated rings. The molecule has 0 spiro atoms. The molecule has 2 aliphatic heterocycles. The van der Waals surface area contributed by atoms with E-state index in [2.05, 4.69) is 18.2 Å². The first-order valence-electron chi connectivity index (χ1n) is 10.9. The first kappa shape index (κ1) is 22.7. The Morgan fingerprint density at radius 3 is 2.12 bits per heavy atom. The lowest BCUT2D eigenvalue weighted by atomic mass is 9.52. The Balaban J connectivity index is 2.00. The van der Waals surface area contributed by atoms with Gasteiger partial charge in [-0.3, -0.25) is 5.41 Å². The van der Waals surface area contributed by atoms with Crippen molar-refractivity contribution in [3.8, 4) is 35.5 Å². The minimum Gasteiger partial charge on any atom is -0.493 e. The molecular weight excluding hydrogens is 424 g/mol. The van der Waals surface area contributed by atoms with Crippen molar-refractivity contribution >= 4 is 5.90 Å². The highest BCUT2D eigenvalue weighted by Gasteiger charge is 2.80.